The van der Waals surface area contributed by atoms with E-state index in [9.17, 15) is 10.2 Å². The molecule has 0 bridgehead atoms. The molecule has 8 aromatic rings. The SMILES string of the molecule is CC1(C)O[C@@H]2[C@H](O1)[C@@H](COc1ccc3cccnc3c1)O[C@H]2n1ccc2c(N)ncnc21.Nc1ncnc2c1ccn2[C@@H]1O[C@H](COc2ccc3cccnc3c2)[C@@H](O)[C@H]1O. The van der Waals surface area contributed by atoms with Gasteiger partial charge in [0.25, 0.3) is 0 Å². The van der Waals surface area contributed by atoms with E-state index >= 15 is 0 Å². The summed E-state index contributed by atoms with van der Waals surface area (Å²) >= 11 is 0. The number of aliphatic hydroxyl groups excluding tert-OH is 2. The van der Waals surface area contributed by atoms with Gasteiger partial charge in [-0.15, -0.1) is 0 Å². The second kappa shape index (κ2) is 15.5. The van der Waals surface area contributed by atoms with Gasteiger partial charge in [-0.05, 0) is 62.4 Å². The smallest absolute Gasteiger partial charge is 0.164 e. The van der Waals surface area contributed by atoms with Gasteiger partial charge in [-0.3, -0.25) is 9.97 Å². The summed E-state index contributed by atoms with van der Waals surface area (Å²) in [6, 6.07) is 22.8. The van der Waals surface area contributed by atoms with Gasteiger partial charge in [0.15, 0.2) is 18.2 Å². The lowest BCUT2D eigenvalue weighted by atomic mass is 10.1. The van der Waals surface area contributed by atoms with Crippen molar-refractivity contribution in [2.75, 3.05) is 24.7 Å². The quantitative estimate of drug-likeness (QED) is 0.167. The Labute approximate surface area is 347 Å². The van der Waals surface area contributed by atoms with E-state index in [1.807, 2.05) is 91.3 Å². The largest absolute Gasteiger partial charge is 0.491 e. The Kier molecular flexibility index (Phi) is 9.81. The highest BCUT2D eigenvalue weighted by Gasteiger charge is 2.56. The van der Waals surface area contributed by atoms with Crippen molar-refractivity contribution in [1.29, 1.82) is 0 Å². The minimum atomic E-state index is -1.14. The van der Waals surface area contributed by atoms with E-state index in [0.717, 1.165) is 32.9 Å². The number of hydrogen-bond acceptors (Lipinski definition) is 16. The molecule has 0 radical (unpaired) electrons. The number of rotatable bonds is 8. The molecule has 18 heteroatoms. The van der Waals surface area contributed by atoms with Crippen molar-refractivity contribution in [2.24, 2.45) is 0 Å². The van der Waals surface area contributed by atoms with Gasteiger partial charge in [-0.1, -0.05) is 12.1 Å². The van der Waals surface area contributed by atoms with Crippen LogP contribution in [0.3, 0.4) is 0 Å². The fraction of sp³-hybridized carbons (Fsp3) is 0.302. The summed E-state index contributed by atoms with van der Waals surface area (Å²) in [6.45, 7) is 4.20. The van der Waals surface area contributed by atoms with E-state index in [4.69, 9.17) is 39.9 Å². The molecule has 18 nitrogen and oxygen atoms in total. The molecular weight excluding hydrogens is 785 g/mol. The Morgan fingerprint density at radius 2 is 1.15 bits per heavy atom. The molecule has 3 aliphatic heterocycles. The lowest BCUT2D eigenvalue weighted by Gasteiger charge is -2.25. The van der Waals surface area contributed by atoms with Crippen molar-refractivity contribution in [1.82, 2.24) is 39.0 Å². The summed E-state index contributed by atoms with van der Waals surface area (Å²) in [5, 5.41) is 24.5. The lowest BCUT2D eigenvalue weighted by Crippen LogP contribution is -2.34. The zero-order chi connectivity index (χ0) is 41.8. The van der Waals surface area contributed by atoms with Crippen LogP contribution in [-0.2, 0) is 18.9 Å². The van der Waals surface area contributed by atoms with Gasteiger partial charge in [0.1, 0.15) is 96.9 Å². The molecule has 0 spiro atoms. The molecule has 3 aliphatic rings. The summed E-state index contributed by atoms with van der Waals surface area (Å²) in [6.07, 6.45) is 4.72. The number of benzene rings is 2. The Bertz CT molecular complexity index is 2870. The second-order valence-electron chi connectivity index (χ2n) is 15.5. The molecule has 0 saturated carbocycles. The van der Waals surface area contributed by atoms with Gasteiger partial charge in [0, 0.05) is 47.7 Å². The van der Waals surface area contributed by atoms with E-state index in [-0.39, 0.29) is 24.9 Å². The highest BCUT2D eigenvalue weighted by Crippen LogP contribution is 2.44. The highest BCUT2D eigenvalue weighted by molar-refractivity contribution is 5.87. The maximum absolute atomic E-state index is 10.5. The third kappa shape index (κ3) is 7.28. The third-order valence-corrected chi connectivity index (χ3v) is 11.1. The number of nitrogen functional groups attached to an aromatic ring is 2. The zero-order valence-electron chi connectivity index (χ0n) is 33.0. The van der Waals surface area contributed by atoms with Gasteiger partial charge in [-0.25, -0.2) is 19.9 Å². The maximum Gasteiger partial charge on any atom is 0.164 e. The number of nitrogens with two attached hydrogens (primary N) is 2. The van der Waals surface area contributed by atoms with E-state index in [1.54, 1.807) is 29.2 Å². The predicted octanol–water partition coefficient (Wildman–Crippen LogP) is 4.32. The molecule has 0 amide bonds. The Hall–Kier alpha value is -6.54. The summed E-state index contributed by atoms with van der Waals surface area (Å²) in [5.74, 6) is 1.38. The molecule has 3 fully saturated rings. The maximum atomic E-state index is 10.5. The number of aliphatic hydroxyl groups is 2. The number of hydrogen-bond donors (Lipinski definition) is 4. The van der Waals surface area contributed by atoms with Crippen LogP contribution in [0.5, 0.6) is 11.5 Å². The number of nitrogens with zero attached hydrogens (tertiary/aromatic N) is 8. The van der Waals surface area contributed by atoms with Crippen LogP contribution < -0.4 is 20.9 Å². The Morgan fingerprint density at radius 1 is 0.623 bits per heavy atom. The molecule has 9 heterocycles. The van der Waals surface area contributed by atoms with Gasteiger partial charge in [0.2, 0.25) is 0 Å². The van der Waals surface area contributed by atoms with Crippen LogP contribution in [0.1, 0.15) is 26.3 Å². The summed E-state index contributed by atoms with van der Waals surface area (Å²) in [7, 11) is 0. The van der Waals surface area contributed by atoms with Crippen LogP contribution in [0.15, 0.2) is 110 Å². The van der Waals surface area contributed by atoms with Crippen molar-refractivity contribution in [2.45, 2.75) is 68.7 Å². The predicted molar refractivity (Wildman–Crippen MR) is 222 cm³/mol. The average molecular weight is 827 g/mol. The fourth-order valence-electron chi connectivity index (χ4n) is 8.13. The zero-order valence-corrected chi connectivity index (χ0v) is 33.0. The highest BCUT2D eigenvalue weighted by atomic mass is 16.8. The molecule has 8 atom stereocenters. The number of anilines is 2. The summed E-state index contributed by atoms with van der Waals surface area (Å²) in [4.78, 5) is 25.3. The van der Waals surface area contributed by atoms with E-state index in [2.05, 4.69) is 29.9 Å². The Morgan fingerprint density at radius 3 is 1.74 bits per heavy atom. The van der Waals surface area contributed by atoms with Gasteiger partial charge < -0.3 is 59.2 Å². The minimum Gasteiger partial charge on any atom is -0.491 e. The molecule has 0 aliphatic carbocycles. The molecule has 11 rings (SSSR count). The minimum absolute atomic E-state index is 0.0728. The Balaban J connectivity index is 0.000000147. The normalized spacial score (nSPS) is 25.5. The molecular formula is C43H42N10O8. The van der Waals surface area contributed by atoms with Crippen molar-refractivity contribution >= 4 is 55.5 Å². The molecule has 0 unspecified atom stereocenters. The average Bonchev–Trinajstić information content (AvgIpc) is 4.09. The van der Waals surface area contributed by atoms with Crippen LogP contribution in [0.25, 0.3) is 43.9 Å². The summed E-state index contributed by atoms with van der Waals surface area (Å²) in [5.41, 5.74) is 14.8. The number of fused-ring (bicyclic) bond motifs is 5. The first-order chi connectivity index (χ1) is 29.6. The van der Waals surface area contributed by atoms with Crippen LogP contribution >= 0.6 is 0 Å². The molecule has 2 aromatic carbocycles. The first-order valence-corrected chi connectivity index (χ1v) is 19.7. The van der Waals surface area contributed by atoms with Gasteiger partial charge >= 0.3 is 0 Å². The number of pyridine rings is 2. The van der Waals surface area contributed by atoms with Gasteiger partial charge in [-0.2, -0.15) is 0 Å². The molecule has 6 N–H and O–H groups in total. The molecule has 61 heavy (non-hydrogen) atoms. The topological polar surface area (TPSA) is 235 Å². The van der Waals surface area contributed by atoms with Crippen LogP contribution in [0.2, 0.25) is 0 Å². The van der Waals surface area contributed by atoms with Crippen molar-refractivity contribution in [3.8, 4) is 11.5 Å². The monoisotopic (exact) mass is 826 g/mol. The molecule has 312 valence electrons. The fourth-order valence-corrected chi connectivity index (χ4v) is 8.13. The summed E-state index contributed by atoms with van der Waals surface area (Å²) < 4.78 is 40.2. The van der Waals surface area contributed by atoms with Crippen molar-refractivity contribution in [3.05, 3.63) is 110 Å². The molecule has 6 aromatic heterocycles. The van der Waals surface area contributed by atoms with E-state index < -0.39 is 36.6 Å². The van der Waals surface area contributed by atoms with Crippen LogP contribution in [0, 0.1) is 0 Å². The van der Waals surface area contributed by atoms with Gasteiger partial charge in [0.05, 0.1) is 21.8 Å². The molecule has 3 saturated heterocycles. The third-order valence-electron chi connectivity index (χ3n) is 11.1. The first-order valence-electron chi connectivity index (χ1n) is 19.7. The van der Waals surface area contributed by atoms with Crippen molar-refractivity contribution in [3.63, 3.8) is 0 Å². The van der Waals surface area contributed by atoms with Crippen LogP contribution in [0.4, 0.5) is 11.6 Å². The standard InChI is InChI=1S/C23H23N5O4.C20H19N5O4/c1-23(2)31-18-17(11-29-14-6-5-13-4-3-8-25-16(13)10-14)30-22(19(18)32-23)28-9-7-15-20(24)26-12-27-21(15)28;21-18-13-5-7-25(19(13)24-10-23-18)20-17(27)16(26)15(29-20)9-28-12-4-3-11-2-1-6-22-14(11)8-12/h3-10,12,17-19,22H,11H2,1-2H3,(H2,24,26,27);1-8,10,15-17,20,26-27H,9H2,(H2,21,23,24)/t17-,18-,19-,22-;15-,16-,17-,20-/m11/s1. The second-order valence-corrected chi connectivity index (χ2v) is 15.5. The first kappa shape index (κ1) is 38.6. The van der Waals surface area contributed by atoms with E-state index in [0.29, 0.717) is 40.7 Å². The number of aromatic nitrogens is 8. The van der Waals surface area contributed by atoms with Crippen LogP contribution in [-0.4, -0.2) is 105 Å². The number of ether oxygens (including phenoxy) is 6. The van der Waals surface area contributed by atoms with Crippen molar-refractivity contribution < 1.29 is 38.6 Å². The van der Waals surface area contributed by atoms with E-state index in [1.165, 1.54) is 12.7 Å². The lowest BCUT2D eigenvalue weighted by molar-refractivity contribution is -0.198.